The number of fused-ring (bicyclic) bond motifs is 1. The van der Waals surface area contributed by atoms with Crippen molar-refractivity contribution in [1.29, 1.82) is 0 Å². The topological polar surface area (TPSA) is 101 Å². The van der Waals surface area contributed by atoms with E-state index in [0.717, 1.165) is 6.42 Å². The second-order valence-corrected chi connectivity index (χ2v) is 4.42. The number of anilines is 1. The normalized spacial score (nSPS) is 11.0. The van der Waals surface area contributed by atoms with Gasteiger partial charge in [0.25, 0.3) is 11.9 Å². The predicted octanol–water partition coefficient (Wildman–Crippen LogP) is 1.19. The van der Waals surface area contributed by atoms with E-state index in [1.807, 2.05) is 6.92 Å². The Balaban J connectivity index is 2.07. The number of rotatable bonds is 4. The molecule has 3 rings (SSSR count). The van der Waals surface area contributed by atoms with Gasteiger partial charge in [-0.15, -0.1) is 5.10 Å². The summed E-state index contributed by atoms with van der Waals surface area (Å²) in [5.41, 5.74) is 1.39. The fourth-order valence-electron chi connectivity index (χ4n) is 2.09. The third kappa shape index (κ3) is 2.45. The highest BCUT2D eigenvalue weighted by Gasteiger charge is 2.20. The quantitative estimate of drug-likeness (QED) is 0.751. The molecule has 2 N–H and O–H groups in total. The number of hydrogen-bond donors (Lipinski definition) is 2. The minimum atomic E-state index is -0.460. The van der Waals surface area contributed by atoms with Crippen LogP contribution in [0.5, 0.6) is 0 Å². The Hall–Kier alpha value is -2.84. The number of aromatic amines is 1. The third-order valence-electron chi connectivity index (χ3n) is 2.93. The maximum absolute atomic E-state index is 13.4. The van der Waals surface area contributed by atoms with Crippen LogP contribution in [0.15, 0.2) is 18.3 Å². The zero-order valence-corrected chi connectivity index (χ0v) is 11.2. The van der Waals surface area contributed by atoms with E-state index in [2.05, 4.69) is 30.9 Å². The average molecular weight is 289 g/mol. The minimum absolute atomic E-state index is 0.0498. The summed E-state index contributed by atoms with van der Waals surface area (Å²) in [6, 6.07) is 2.83. The summed E-state index contributed by atoms with van der Waals surface area (Å²) in [4.78, 5) is 16.7. The van der Waals surface area contributed by atoms with E-state index in [9.17, 15) is 9.18 Å². The number of amides is 1. The molecule has 0 aliphatic heterocycles. The molecule has 0 fully saturated rings. The molecule has 0 saturated carbocycles. The second-order valence-electron chi connectivity index (χ2n) is 4.42. The number of nitrogens with zero attached hydrogens (tertiary/aromatic N) is 5. The summed E-state index contributed by atoms with van der Waals surface area (Å²) < 4.78 is 14.9. The van der Waals surface area contributed by atoms with Crippen molar-refractivity contribution in [2.45, 2.75) is 19.8 Å². The standard InChI is InChI=1S/C12H12FN7O/c1-2-3-8-10(11(21)15-12-16-18-19-17-12)20-6-7(13)4-5-9(20)14-8/h4-6H,2-3H2,1H3,(H2,15,16,17,18,19,21). The van der Waals surface area contributed by atoms with E-state index in [0.29, 0.717) is 17.8 Å². The lowest BCUT2D eigenvalue weighted by atomic mass is 10.2. The van der Waals surface area contributed by atoms with Crippen LogP contribution in [0.25, 0.3) is 5.65 Å². The first kappa shape index (κ1) is 13.2. The van der Waals surface area contributed by atoms with Gasteiger partial charge in [-0.25, -0.2) is 9.37 Å². The number of halogens is 1. The van der Waals surface area contributed by atoms with Crippen molar-refractivity contribution in [3.8, 4) is 0 Å². The van der Waals surface area contributed by atoms with E-state index in [1.165, 1.54) is 22.7 Å². The maximum atomic E-state index is 13.4. The van der Waals surface area contributed by atoms with E-state index in [1.54, 1.807) is 0 Å². The largest absolute Gasteiger partial charge is 0.292 e. The van der Waals surface area contributed by atoms with Gasteiger partial charge < -0.3 is 0 Å². The Morgan fingerprint density at radius 2 is 2.33 bits per heavy atom. The number of carbonyl (C=O) groups is 1. The van der Waals surface area contributed by atoms with Crippen LogP contribution in [0.4, 0.5) is 10.3 Å². The SMILES string of the molecule is CCCc1nc2ccc(F)cn2c1C(=O)Nc1nn[nH]n1. The summed E-state index contributed by atoms with van der Waals surface area (Å²) in [5, 5.41) is 15.4. The molecule has 0 atom stereocenters. The summed E-state index contributed by atoms with van der Waals surface area (Å²) >= 11 is 0. The number of imidazole rings is 1. The van der Waals surface area contributed by atoms with Crippen LogP contribution in [0, 0.1) is 5.82 Å². The smallest absolute Gasteiger partial charge is 0.277 e. The van der Waals surface area contributed by atoms with Crippen molar-refractivity contribution in [2.24, 2.45) is 0 Å². The molecule has 0 aliphatic carbocycles. The van der Waals surface area contributed by atoms with Gasteiger partial charge in [0.2, 0.25) is 0 Å². The number of nitrogens with one attached hydrogen (secondary N) is 2. The molecule has 0 unspecified atom stereocenters. The summed E-state index contributed by atoms with van der Waals surface area (Å²) in [6.07, 6.45) is 2.65. The van der Waals surface area contributed by atoms with Gasteiger partial charge in [-0.1, -0.05) is 18.4 Å². The molecule has 0 saturated heterocycles. The van der Waals surface area contributed by atoms with Crippen LogP contribution < -0.4 is 5.32 Å². The van der Waals surface area contributed by atoms with Crippen molar-refractivity contribution in [2.75, 3.05) is 5.32 Å². The van der Waals surface area contributed by atoms with Gasteiger partial charge in [0.05, 0.1) is 5.69 Å². The summed E-state index contributed by atoms with van der Waals surface area (Å²) in [7, 11) is 0. The van der Waals surface area contributed by atoms with Crippen molar-refractivity contribution >= 4 is 17.5 Å². The fraction of sp³-hybridized carbons (Fsp3) is 0.250. The lowest BCUT2D eigenvalue weighted by Crippen LogP contribution is -2.17. The molecule has 0 spiro atoms. The van der Waals surface area contributed by atoms with Crippen LogP contribution >= 0.6 is 0 Å². The number of H-pyrrole nitrogens is 1. The summed E-state index contributed by atoms with van der Waals surface area (Å²) in [5.74, 6) is -0.858. The molecular weight excluding hydrogens is 277 g/mol. The average Bonchev–Trinajstić information content (AvgIpc) is 3.06. The van der Waals surface area contributed by atoms with Gasteiger partial charge >= 0.3 is 0 Å². The number of aromatic nitrogens is 6. The Labute approximate surface area is 118 Å². The van der Waals surface area contributed by atoms with Gasteiger partial charge in [-0.3, -0.25) is 14.5 Å². The fourth-order valence-corrected chi connectivity index (χ4v) is 2.09. The molecule has 0 radical (unpaired) electrons. The Bertz CT molecular complexity index is 780. The van der Waals surface area contributed by atoms with Crippen LogP contribution in [-0.4, -0.2) is 35.9 Å². The molecule has 108 valence electrons. The van der Waals surface area contributed by atoms with Crippen molar-refractivity contribution < 1.29 is 9.18 Å². The van der Waals surface area contributed by atoms with Gasteiger partial charge in [-0.2, -0.15) is 5.21 Å². The van der Waals surface area contributed by atoms with Gasteiger partial charge in [-0.05, 0) is 23.8 Å². The Morgan fingerprint density at radius 1 is 1.48 bits per heavy atom. The highest BCUT2D eigenvalue weighted by atomic mass is 19.1. The molecule has 8 nitrogen and oxygen atoms in total. The molecule has 3 aromatic rings. The van der Waals surface area contributed by atoms with E-state index < -0.39 is 11.7 Å². The molecular formula is C12H12FN7O. The second kappa shape index (κ2) is 5.27. The third-order valence-corrected chi connectivity index (χ3v) is 2.93. The number of pyridine rings is 1. The van der Waals surface area contributed by atoms with Gasteiger partial charge in [0.15, 0.2) is 0 Å². The number of carbonyl (C=O) groups excluding carboxylic acids is 1. The summed E-state index contributed by atoms with van der Waals surface area (Å²) in [6.45, 7) is 1.98. The molecule has 1 amide bonds. The molecule has 21 heavy (non-hydrogen) atoms. The Kier molecular flexibility index (Phi) is 3.30. The first-order valence-electron chi connectivity index (χ1n) is 6.40. The number of aryl methyl sites for hydroxylation is 1. The number of hydrogen-bond acceptors (Lipinski definition) is 5. The van der Waals surface area contributed by atoms with Gasteiger partial charge in [0.1, 0.15) is 17.2 Å². The lowest BCUT2D eigenvalue weighted by molar-refractivity contribution is 0.101. The van der Waals surface area contributed by atoms with Crippen molar-refractivity contribution in [3.63, 3.8) is 0 Å². The maximum Gasteiger partial charge on any atom is 0.277 e. The predicted molar refractivity (Wildman–Crippen MR) is 71.3 cm³/mol. The lowest BCUT2D eigenvalue weighted by Gasteiger charge is -2.03. The van der Waals surface area contributed by atoms with Crippen LogP contribution in [0.1, 0.15) is 29.5 Å². The van der Waals surface area contributed by atoms with E-state index >= 15 is 0 Å². The van der Waals surface area contributed by atoms with Crippen LogP contribution in [0.3, 0.4) is 0 Å². The Morgan fingerprint density at radius 3 is 3.05 bits per heavy atom. The highest BCUT2D eigenvalue weighted by molar-refractivity contribution is 6.03. The van der Waals surface area contributed by atoms with Crippen molar-refractivity contribution in [1.82, 2.24) is 30.0 Å². The van der Waals surface area contributed by atoms with Crippen LogP contribution in [-0.2, 0) is 6.42 Å². The zero-order valence-electron chi connectivity index (χ0n) is 11.2. The first-order valence-corrected chi connectivity index (χ1v) is 6.40. The molecule has 0 bridgehead atoms. The minimum Gasteiger partial charge on any atom is -0.292 e. The molecule has 0 aromatic carbocycles. The van der Waals surface area contributed by atoms with E-state index in [4.69, 9.17) is 0 Å². The number of tetrazole rings is 1. The molecule has 0 aliphatic rings. The molecule has 3 aromatic heterocycles. The van der Waals surface area contributed by atoms with Crippen molar-refractivity contribution in [3.05, 3.63) is 35.5 Å². The molecule has 9 heteroatoms. The monoisotopic (exact) mass is 289 g/mol. The van der Waals surface area contributed by atoms with Gasteiger partial charge in [0, 0.05) is 6.20 Å². The van der Waals surface area contributed by atoms with E-state index in [-0.39, 0.29) is 11.6 Å². The highest BCUT2D eigenvalue weighted by Crippen LogP contribution is 2.16. The zero-order chi connectivity index (χ0) is 14.8. The first-order chi connectivity index (χ1) is 10.2. The van der Waals surface area contributed by atoms with Crippen LogP contribution in [0.2, 0.25) is 0 Å². The molecule has 3 heterocycles.